The standard InChI is InChI=1S/C14H17FN2O3S/c15-12-3-1-11(2-4-12)14-16-7-13(18)17(14)8-10-5-6-21(19,20)9-10/h1-4,10,14,16H,5-9H2. The van der Waals surface area contributed by atoms with Crippen LogP contribution < -0.4 is 5.32 Å². The van der Waals surface area contributed by atoms with Gasteiger partial charge in [0.1, 0.15) is 12.0 Å². The third-order valence-corrected chi connectivity index (χ3v) is 5.88. The fourth-order valence-corrected chi connectivity index (χ4v) is 4.83. The molecule has 2 unspecified atom stereocenters. The molecule has 0 aliphatic carbocycles. The maximum atomic E-state index is 13.0. The van der Waals surface area contributed by atoms with Gasteiger partial charge in [-0.15, -0.1) is 0 Å². The van der Waals surface area contributed by atoms with Crippen LogP contribution in [0.15, 0.2) is 24.3 Å². The van der Waals surface area contributed by atoms with Gasteiger partial charge in [-0.2, -0.15) is 0 Å². The van der Waals surface area contributed by atoms with Crippen molar-refractivity contribution in [3.05, 3.63) is 35.6 Å². The van der Waals surface area contributed by atoms with Gasteiger partial charge in [-0.25, -0.2) is 12.8 Å². The Labute approximate surface area is 123 Å². The summed E-state index contributed by atoms with van der Waals surface area (Å²) in [6.45, 7) is 0.647. The van der Waals surface area contributed by atoms with Crippen LogP contribution in [0.4, 0.5) is 4.39 Å². The second kappa shape index (κ2) is 5.38. The lowest BCUT2D eigenvalue weighted by atomic mass is 10.1. The monoisotopic (exact) mass is 312 g/mol. The lowest BCUT2D eigenvalue weighted by molar-refractivity contribution is -0.128. The van der Waals surface area contributed by atoms with Gasteiger partial charge in [0, 0.05) is 6.54 Å². The van der Waals surface area contributed by atoms with Gasteiger partial charge in [-0.05, 0) is 30.0 Å². The van der Waals surface area contributed by atoms with Crippen molar-refractivity contribution >= 4 is 15.7 Å². The predicted octanol–water partition coefficient (Wildman–Crippen LogP) is 0.691. The van der Waals surface area contributed by atoms with Crippen LogP contribution in [0.5, 0.6) is 0 Å². The summed E-state index contributed by atoms with van der Waals surface area (Å²) in [5, 5.41) is 3.09. The molecule has 21 heavy (non-hydrogen) atoms. The number of benzene rings is 1. The second-order valence-electron chi connectivity index (χ2n) is 5.65. The van der Waals surface area contributed by atoms with E-state index in [9.17, 15) is 17.6 Å². The smallest absolute Gasteiger partial charge is 0.238 e. The van der Waals surface area contributed by atoms with Crippen molar-refractivity contribution < 1.29 is 17.6 Å². The van der Waals surface area contributed by atoms with E-state index in [4.69, 9.17) is 0 Å². The van der Waals surface area contributed by atoms with Crippen molar-refractivity contribution in [2.75, 3.05) is 24.6 Å². The number of carbonyl (C=O) groups excluding carboxylic acids is 1. The molecule has 0 bridgehead atoms. The Morgan fingerprint density at radius 3 is 2.62 bits per heavy atom. The van der Waals surface area contributed by atoms with E-state index in [1.54, 1.807) is 17.0 Å². The summed E-state index contributed by atoms with van der Waals surface area (Å²) in [6.07, 6.45) is 0.295. The molecule has 0 aromatic heterocycles. The largest absolute Gasteiger partial charge is 0.322 e. The van der Waals surface area contributed by atoms with Crippen molar-refractivity contribution in [3.8, 4) is 0 Å². The Bertz CT molecular complexity index is 645. The summed E-state index contributed by atoms with van der Waals surface area (Å²) in [5.74, 6) is -0.0340. The van der Waals surface area contributed by atoms with E-state index >= 15 is 0 Å². The highest BCUT2D eigenvalue weighted by Gasteiger charge is 2.36. The van der Waals surface area contributed by atoms with Gasteiger partial charge in [0.15, 0.2) is 9.84 Å². The van der Waals surface area contributed by atoms with Crippen molar-refractivity contribution in [2.24, 2.45) is 5.92 Å². The highest BCUT2D eigenvalue weighted by atomic mass is 32.2. The van der Waals surface area contributed by atoms with Crippen LogP contribution in [-0.4, -0.2) is 43.8 Å². The molecule has 0 saturated carbocycles. The summed E-state index contributed by atoms with van der Waals surface area (Å²) in [6, 6.07) is 6.00. The molecule has 1 aromatic carbocycles. The number of hydrogen-bond acceptors (Lipinski definition) is 4. The Hall–Kier alpha value is -1.47. The fourth-order valence-electron chi connectivity index (χ4n) is 2.98. The molecular weight excluding hydrogens is 295 g/mol. The SMILES string of the molecule is O=C1CNC(c2ccc(F)cc2)N1CC1CCS(=O)(=O)C1. The Morgan fingerprint density at radius 2 is 2.00 bits per heavy atom. The highest BCUT2D eigenvalue weighted by molar-refractivity contribution is 7.91. The number of hydrogen-bond donors (Lipinski definition) is 1. The quantitative estimate of drug-likeness (QED) is 0.892. The number of sulfone groups is 1. The zero-order chi connectivity index (χ0) is 15.0. The zero-order valence-corrected chi connectivity index (χ0v) is 12.3. The molecule has 1 N–H and O–H groups in total. The maximum absolute atomic E-state index is 13.0. The number of rotatable bonds is 3. The third kappa shape index (κ3) is 3.08. The van der Waals surface area contributed by atoms with E-state index in [1.165, 1.54) is 12.1 Å². The van der Waals surface area contributed by atoms with Crippen LogP contribution >= 0.6 is 0 Å². The number of amides is 1. The number of halogens is 1. The predicted molar refractivity (Wildman–Crippen MR) is 75.6 cm³/mol. The Kier molecular flexibility index (Phi) is 3.71. The van der Waals surface area contributed by atoms with Crippen LogP contribution in [0, 0.1) is 11.7 Å². The summed E-state index contributed by atoms with van der Waals surface area (Å²) in [7, 11) is -2.95. The molecule has 0 spiro atoms. The Morgan fingerprint density at radius 1 is 1.29 bits per heavy atom. The van der Waals surface area contributed by atoms with Gasteiger partial charge >= 0.3 is 0 Å². The molecule has 0 radical (unpaired) electrons. The number of carbonyl (C=O) groups is 1. The molecule has 2 saturated heterocycles. The molecule has 5 nitrogen and oxygen atoms in total. The normalized spacial score (nSPS) is 28.2. The van der Waals surface area contributed by atoms with Crippen LogP contribution in [-0.2, 0) is 14.6 Å². The summed E-state index contributed by atoms with van der Waals surface area (Å²) in [4.78, 5) is 13.7. The van der Waals surface area contributed by atoms with Crippen LogP contribution in [0.3, 0.4) is 0 Å². The van der Waals surface area contributed by atoms with Crippen molar-refractivity contribution in [1.29, 1.82) is 0 Å². The van der Waals surface area contributed by atoms with Gasteiger partial charge in [0.05, 0.1) is 18.1 Å². The van der Waals surface area contributed by atoms with Gasteiger partial charge in [0.25, 0.3) is 0 Å². The lowest BCUT2D eigenvalue weighted by Gasteiger charge is -2.27. The first-order chi connectivity index (χ1) is 9.94. The molecule has 2 aliphatic rings. The van der Waals surface area contributed by atoms with Crippen molar-refractivity contribution in [1.82, 2.24) is 10.2 Å². The van der Waals surface area contributed by atoms with Crippen molar-refractivity contribution in [2.45, 2.75) is 12.6 Å². The molecule has 2 heterocycles. The lowest BCUT2D eigenvalue weighted by Crippen LogP contribution is -2.35. The van der Waals surface area contributed by atoms with Crippen LogP contribution in [0.1, 0.15) is 18.2 Å². The van der Waals surface area contributed by atoms with Gasteiger partial charge in [-0.1, -0.05) is 12.1 Å². The van der Waals surface area contributed by atoms with E-state index in [-0.39, 0.29) is 41.9 Å². The molecule has 1 amide bonds. The van der Waals surface area contributed by atoms with E-state index in [2.05, 4.69) is 5.32 Å². The van der Waals surface area contributed by atoms with Crippen molar-refractivity contribution in [3.63, 3.8) is 0 Å². The summed E-state index contributed by atoms with van der Waals surface area (Å²) in [5.41, 5.74) is 0.808. The summed E-state index contributed by atoms with van der Waals surface area (Å²) < 4.78 is 36.0. The number of nitrogens with one attached hydrogen (secondary N) is 1. The van der Waals surface area contributed by atoms with Crippen LogP contribution in [0.25, 0.3) is 0 Å². The van der Waals surface area contributed by atoms with Gasteiger partial charge < -0.3 is 4.90 Å². The van der Waals surface area contributed by atoms with E-state index in [0.29, 0.717) is 13.0 Å². The molecule has 1 aromatic rings. The molecular formula is C14H17FN2O3S. The number of nitrogens with zero attached hydrogens (tertiary/aromatic N) is 1. The minimum absolute atomic E-state index is 0.0122. The van der Waals surface area contributed by atoms with E-state index in [0.717, 1.165) is 5.56 Å². The minimum atomic E-state index is -2.95. The molecule has 2 fully saturated rings. The molecule has 2 atom stereocenters. The highest BCUT2D eigenvalue weighted by Crippen LogP contribution is 2.27. The fraction of sp³-hybridized carbons (Fsp3) is 0.500. The maximum Gasteiger partial charge on any atom is 0.238 e. The zero-order valence-electron chi connectivity index (χ0n) is 11.5. The summed E-state index contributed by atoms with van der Waals surface area (Å²) >= 11 is 0. The molecule has 3 rings (SSSR count). The van der Waals surface area contributed by atoms with Gasteiger partial charge in [0.2, 0.25) is 5.91 Å². The first-order valence-corrected chi connectivity index (χ1v) is 8.75. The third-order valence-electron chi connectivity index (χ3n) is 4.05. The topological polar surface area (TPSA) is 66.5 Å². The van der Waals surface area contributed by atoms with E-state index < -0.39 is 9.84 Å². The first kappa shape index (κ1) is 14.5. The van der Waals surface area contributed by atoms with Crippen LogP contribution in [0.2, 0.25) is 0 Å². The molecule has 7 heteroatoms. The second-order valence-corrected chi connectivity index (χ2v) is 7.88. The minimum Gasteiger partial charge on any atom is -0.322 e. The Balaban J connectivity index is 1.75. The molecule has 2 aliphatic heterocycles. The molecule has 114 valence electrons. The average molecular weight is 312 g/mol. The van der Waals surface area contributed by atoms with E-state index in [1.807, 2.05) is 0 Å². The first-order valence-electron chi connectivity index (χ1n) is 6.93. The average Bonchev–Trinajstić information content (AvgIpc) is 2.95. The van der Waals surface area contributed by atoms with Gasteiger partial charge in [-0.3, -0.25) is 10.1 Å².